The number of anilines is 1. The number of amides is 1. The van der Waals surface area contributed by atoms with Gasteiger partial charge in [-0.05, 0) is 30.7 Å². The number of aryl methyl sites for hydroxylation is 1. The minimum Gasteiger partial charge on any atom is -0.451 e. The monoisotopic (exact) mass is 392 g/mol. The Labute approximate surface area is 169 Å². The molecule has 1 aliphatic rings. The summed E-state index contributed by atoms with van der Waals surface area (Å²) in [6.07, 6.45) is 0. The van der Waals surface area contributed by atoms with Gasteiger partial charge in [-0.1, -0.05) is 29.8 Å². The number of para-hydroxylation sites is 1. The molecule has 2 aromatic carbocycles. The molecule has 1 aromatic heterocycles. The van der Waals surface area contributed by atoms with Gasteiger partial charge in [-0.15, -0.1) is 0 Å². The van der Waals surface area contributed by atoms with Crippen LogP contribution in [0.25, 0.3) is 11.0 Å². The fourth-order valence-corrected chi connectivity index (χ4v) is 3.65. The third kappa shape index (κ3) is 4.03. The molecule has 1 aliphatic heterocycles. The molecular formula is C23H24N2O4. The molecule has 0 aliphatic carbocycles. The van der Waals surface area contributed by atoms with E-state index in [-0.39, 0.29) is 17.1 Å². The summed E-state index contributed by atoms with van der Waals surface area (Å²) in [7, 11) is 1.72. The number of hydrogen-bond acceptors (Lipinski definition) is 5. The third-order valence-electron chi connectivity index (χ3n) is 5.19. The maximum atomic E-state index is 13.0. The summed E-state index contributed by atoms with van der Waals surface area (Å²) < 4.78 is 11.2. The van der Waals surface area contributed by atoms with E-state index in [0.29, 0.717) is 30.7 Å². The highest BCUT2D eigenvalue weighted by molar-refractivity contribution is 5.93. The first-order valence-corrected chi connectivity index (χ1v) is 9.73. The number of ether oxygens (including phenoxy) is 1. The Bertz CT molecular complexity index is 1100. The van der Waals surface area contributed by atoms with E-state index >= 15 is 0 Å². The number of rotatable bonds is 4. The van der Waals surface area contributed by atoms with Crippen molar-refractivity contribution in [2.75, 3.05) is 38.3 Å². The maximum absolute atomic E-state index is 13.0. The van der Waals surface area contributed by atoms with Gasteiger partial charge in [-0.3, -0.25) is 9.59 Å². The van der Waals surface area contributed by atoms with Crippen LogP contribution in [-0.4, -0.2) is 44.2 Å². The molecule has 0 saturated carbocycles. The average Bonchev–Trinajstić information content (AvgIpc) is 2.74. The van der Waals surface area contributed by atoms with Crippen LogP contribution in [0.5, 0.6) is 0 Å². The highest BCUT2D eigenvalue weighted by Gasteiger charge is 2.20. The Balaban J connectivity index is 1.59. The lowest BCUT2D eigenvalue weighted by Crippen LogP contribution is -2.37. The van der Waals surface area contributed by atoms with Crippen molar-refractivity contribution in [2.45, 2.75) is 13.5 Å². The van der Waals surface area contributed by atoms with E-state index in [9.17, 15) is 9.59 Å². The average molecular weight is 392 g/mol. The van der Waals surface area contributed by atoms with Crippen LogP contribution >= 0.6 is 0 Å². The van der Waals surface area contributed by atoms with Crippen LogP contribution in [0.1, 0.15) is 21.7 Å². The molecule has 29 heavy (non-hydrogen) atoms. The number of hydrogen-bond donors (Lipinski definition) is 0. The largest absolute Gasteiger partial charge is 0.451 e. The highest BCUT2D eigenvalue weighted by Crippen LogP contribution is 2.23. The Morgan fingerprint density at radius 2 is 1.86 bits per heavy atom. The van der Waals surface area contributed by atoms with Crippen molar-refractivity contribution in [2.24, 2.45) is 0 Å². The van der Waals surface area contributed by atoms with E-state index in [4.69, 9.17) is 9.15 Å². The Morgan fingerprint density at radius 1 is 1.10 bits per heavy atom. The van der Waals surface area contributed by atoms with Crippen molar-refractivity contribution < 1.29 is 13.9 Å². The van der Waals surface area contributed by atoms with Crippen LogP contribution in [0.3, 0.4) is 0 Å². The van der Waals surface area contributed by atoms with Gasteiger partial charge >= 0.3 is 0 Å². The van der Waals surface area contributed by atoms with Gasteiger partial charge in [-0.25, -0.2) is 0 Å². The summed E-state index contributed by atoms with van der Waals surface area (Å²) in [5, 5.41) is 0.488. The highest BCUT2D eigenvalue weighted by atomic mass is 16.5. The number of carbonyl (C=O) groups is 1. The molecule has 150 valence electrons. The van der Waals surface area contributed by atoms with Crippen LogP contribution in [0.2, 0.25) is 0 Å². The number of benzene rings is 2. The molecule has 0 unspecified atom stereocenters. The molecule has 0 N–H and O–H groups in total. The van der Waals surface area contributed by atoms with Crippen LogP contribution < -0.4 is 10.3 Å². The van der Waals surface area contributed by atoms with Crippen LogP contribution in [-0.2, 0) is 11.3 Å². The molecule has 1 amide bonds. The summed E-state index contributed by atoms with van der Waals surface area (Å²) in [6, 6.07) is 14.7. The second kappa shape index (κ2) is 8.09. The standard InChI is InChI=1S/C23H24N2O4/c1-16-7-8-21-18(13-16)20(26)14-22(29-21)23(27)24(2)15-17-5-3-4-6-19(17)25-9-11-28-12-10-25/h3-8,13-14H,9-12,15H2,1-2H3. The minimum absolute atomic E-state index is 0.0534. The van der Waals surface area contributed by atoms with Gasteiger partial charge in [-0.2, -0.15) is 0 Å². The zero-order valence-corrected chi connectivity index (χ0v) is 16.7. The van der Waals surface area contributed by atoms with Crippen molar-refractivity contribution in [3.8, 4) is 0 Å². The lowest BCUT2D eigenvalue weighted by Gasteiger charge is -2.31. The second-order valence-electron chi connectivity index (χ2n) is 7.36. The van der Waals surface area contributed by atoms with E-state index in [1.807, 2.05) is 31.2 Å². The smallest absolute Gasteiger partial charge is 0.289 e. The predicted molar refractivity (Wildman–Crippen MR) is 112 cm³/mol. The fourth-order valence-electron chi connectivity index (χ4n) is 3.65. The van der Waals surface area contributed by atoms with Gasteiger partial charge in [0.2, 0.25) is 0 Å². The molecule has 6 nitrogen and oxygen atoms in total. The van der Waals surface area contributed by atoms with Crippen molar-refractivity contribution in [1.29, 1.82) is 0 Å². The molecule has 0 spiro atoms. The van der Waals surface area contributed by atoms with Crippen molar-refractivity contribution in [3.05, 3.63) is 75.6 Å². The van der Waals surface area contributed by atoms with Gasteiger partial charge in [0.1, 0.15) is 5.58 Å². The summed E-state index contributed by atoms with van der Waals surface area (Å²) in [4.78, 5) is 29.3. The number of carbonyl (C=O) groups excluding carboxylic acids is 1. The van der Waals surface area contributed by atoms with Gasteiger partial charge in [0.05, 0.1) is 18.6 Å². The molecule has 6 heteroatoms. The lowest BCUT2D eigenvalue weighted by molar-refractivity contribution is 0.0754. The van der Waals surface area contributed by atoms with Gasteiger partial charge in [0.15, 0.2) is 11.2 Å². The maximum Gasteiger partial charge on any atom is 0.289 e. The van der Waals surface area contributed by atoms with Crippen molar-refractivity contribution in [3.63, 3.8) is 0 Å². The zero-order chi connectivity index (χ0) is 20.4. The quantitative estimate of drug-likeness (QED) is 0.682. The normalized spacial score (nSPS) is 14.2. The Kier molecular flexibility index (Phi) is 5.36. The summed E-state index contributed by atoms with van der Waals surface area (Å²) in [6.45, 7) is 5.39. The first-order valence-electron chi connectivity index (χ1n) is 9.73. The minimum atomic E-state index is -0.318. The topological polar surface area (TPSA) is 63.0 Å². The summed E-state index contributed by atoms with van der Waals surface area (Å²) in [5.74, 6) is -0.265. The first kappa shape index (κ1) is 19.2. The second-order valence-corrected chi connectivity index (χ2v) is 7.36. The number of fused-ring (bicyclic) bond motifs is 1. The van der Waals surface area contributed by atoms with Gasteiger partial charge in [0, 0.05) is 38.4 Å². The number of morpholine rings is 1. The molecule has 4 rings (SSSR count). The molecule has 0 atom stereocenters. The van der Waals surface area contributed by atoms with Crippen LogP contribution in [0.4, 0.5) is 5.69 Å². The first-order chi connectivity index (χ1) is 14.0. The molecule has 1 saturated heterocycles. The fraction of sp³-hybridized carbons (Fsp3) is 0.304. The van der Waals surface area contributed by atoms with E-state index in [1.54, 1.807) is 24.1 Å². The molecular weight excluding hydrogens is 368 g/mol. The predicted octanol–water partition coefficient (Wildman–Crippen LogP) is 3.21. The summed E-state index contributed by atoms with van der Waals surface area (Å²) >= 11 is 0. The molecule has 0 bridgehead atoms. The van der Waals surface area contributed by atoms with E-state index < -0.39 is 0 Å². The Morgan fingerprint density at radius 3 is 2.66 bits per heavy atom. The van der Waals surface area contributed by atoms with Gasteiger partial charge in [0.25, 0.3) is 5.91 Å². The van der Waals surface area contributed by atoms with Gasteiger partial charge < -0.3 is 19.0 Å². The van der Waals surface area contributed by atoms with Crippen LogP contribution in [0, 0.1) is 6.92 Å². The lowest BCUT2D eigenvalue weighted by atomic mass is 10.1. The van der Waals surface area contributed by atoms with Crippen LogP contribution in [0.15, 0.2) is 57.7 Å². The molecule has 3 aromatic rings. The van der Waals surface area contributed by atoms with E-state index in [1.165, 1.54) is 6.07 Å². The molecule has 0 radical (unpaired) electrons. The third-order valence-corrected chi connectivity index (χ3v) is 5.19. The number of nitrogens with zero attached hydrogens (tertiary/aromatic N) is 2. The molecule has 1 fully saturated rings. The Hall–Kier alpha value is -3.12. The molecule has 2 heterocycles. The van der Waals surface area contributed by atoms with Crippen molar-refractivity contribution >= 4 is 22.6 Å². The van der Waals surface area contributed by atoms with E-state index in [0.717, 1.165) is 29.9 Å². The SMILES string of the molecule is Cc1ccc2oc(C(=O)N(C)Cc3ccccc3N3CCOCC3)cc(=O)c2c1. The van der Waals surface area contributed by atoms with Crippen molar-refractivity contribution in [1.82, 2.24) is 4.90 Å². The summed E-state index contributed by atoms with van der Waals surface area (Å²) in [5.41, 5.74) is 3.34. The van der Waals surface area contributed by atoms with E-state index in [2.05, 4.69) is 11.0 Å². The zero-order valence-electron chi connectivity index (χ0n) is 16.7.